The zero-order chi connectivity index (χ0) is 19.2. The van der Waals surface area contributed by atoms with Gasteiger partial charge in [0.05, 0.1) is 12.7 Å². The molecule has 28 heavy (non-hydrogen) atoms. The van der Waals surface area contributed by atoms with Gasteiger partial charge in [0.1, 0.15) is 0 Å². The lowest BCUT2D eigenvalue weighted by Crippen LogP contribution is -2.46. The van der Waals surface area contributed by atoms with E-state index in [0.717, 1.165) is 64.7 Å². The van der Waals surface area contributed by atoms with E-state index in [-0.39, 0.29) is 12.0 Å². The highest BCUT2D eigenvalue weighted by atomic mass is 16.7. The van der Waals surface area contributed by atoms with Crippen molar-refractivity contribution in [1.82, 2.24) is 14.9 Å². The van der Waals surface area contributed by atoms with E-state index in [1.54, 1.807) is 0 Å². The second kappa shape index (κ2) is 10.4. The molecule has 3 heterocycles. The summed E-state index contributed by atoms with van der Waals surface area (Å²) in [5.74, 6) is 0.926. The third-order valence-electron chi connectivity index (χ3n) is 7.17. The predicted molar refractivity (Wildman–Crippen MR) is 109 cm³/mol. The molecule has 160 valence electrons. The molecule has 4 rings (SSSR count). The quantitative estimate of drug-likeness (QED) is 0.634. The van der Waals surface area contributed by atoms with Crippen molar-refractivity contribution in [3.05, 3.63) is 0 Å². The molecule has 1 unspecified atom stereocenters. The summed E-state index contributed by atoms with van der Waals surface area (Å²) in [6.07, 6.45) is 12.2. The standard InChI is InChI=1S/C22H39N3O3/c26-22(10-14-25-11-4-16-28-25)24(18-21-7-3-15-27-21)17-19-8-12-23(13-9-19)20-5-1-2-6-20/h19-21H,1-18H2. The largest absolute Gasteiger partial charge is 0.376 e. The molecule has 1 aliphatic carbocycles. The maximum atomic E-state index is 13.0. The highest BCUT2D eigenvalue weighted by molar-refractivity contribution is 5.76. The van der Waals surface area contributed by atoms with Gasteiger partial charge in [-0.3, -0.25) is 9.63 Å². The minimum atomic E-state index is 0.241. The first-order valence-electron chi connectivity index (χ1n) is 11.8. The summed E-state index contributed by atoms with van der Waals surface area (Å²) in [6.45, 7) is 7.47. The van der Waals surface area contributed by atoms with Crippen molar-refractivity contribution in [3.63, 3.8) is 0 Å². The zero-order valence-corrected chi connectivity index (χ0v) is 17.5. The summed E-state index contributed by atoms with van der Waals surface area (Å²) in [4.78, 5) is 23.4. The Labute approximate surface area is 170 Å². The van der Waals surface area contributed by atoms with Crippen LogP contribution in [0.2, 0.25) is 0 Å². The van der Waals surface area contributed by atoms with Crippen LogP contribution < -0.4 is 0 Å². The summed E-state index contributed by atoms with van der Waals surface area (Å²) < 4.78 is 5.85. The maximum absolute atomic E-state index is 13.0. The Balaban J connectivity index is 1.26. The fourth-order valence-electron chi connectivity index (χ4n) is 5.45. The molecule has 0 N–H and O–H groups in total. The van der Waals surface area contributed by atoms with Crippen LogP contribution in [0.3, 0.4) is 0 Å². The topological polar surface area (TPSA) is 45.2 Å². The molecule has 0 aromatic carbocycles. The first kappa shape index (κ1) is 20.6. The van der Waals surface area contributed by atoms with Crippen LogP contribution in [0.25, 0.3) is 0 Å². The van der Waals surface area contributed by atoms with Gasteiger partial charge in [-0.1, -0.05) is 12.8 Å². The third-order valence-corrected chi connectivity index (χ3v) is 7.17. The van der Waals surface area contributed by atoms with Crippen LogP contribution >= 0.6 is 0 Å². The summed E-state index contributed by atoms with van der Waals surface area (Å²) >= 11 is 0. The maximum Gasteiger partial charge on any atom is 0.224 e. The van der Waals surface area contributed by atoms with E-state index in [4.69, 9.17) is 9.57 Å². The molecular weight excluding hydrogens is 354 g/mol. The number of hydrogen-bond donors (Lipinski definition) is 0. The molecule has 6 heteroatoms. The van der Waals surface area contributed by atoms with Gasteiger partial charge in [0.15, 0.2) is 0 Å². The second-order valence-electron chi connectivity index (χ2n) is 9.22. The van der Waals surface area contributed by atoms with Gasteiger partial charge in [0.25, 0.3) is 0 Å². The number of likely N-dealkylation sites (tertiary alicyclic amines) is 1. The Kier molecular flexibility index (Phi) is 7.62. The normalized spacial score (nSPS) is 28.4. The Morgan fingerprint density at radius 3 is 2.39 bits per heavy atom. The molecular formula is C22H39N3O3. The second-order valence-corrected chi connectivity index (χ2v) is 9.22. The number of nitrogens with zero attached hydrogens (tertiary/aromatic N) is 3. The molecule has 0 spiro atoms. The van der Waals surface area contributed by atoms with Crippen molar-refractivity contribution in [2.45, 2.75) is 76.4 Å². The van der Waals surface area contributed by atoms with Gasteiger partial charge < -0.3 is 14.5 Å². The number of rotatable bonds is 8. The highest BCUT2D eigenvalue weighted by Gasteiger charge is 2.30. The van der Waals surface area contributed by atoms with Crippen LogP contribution in [0.4, 0.5) is 0 Å². The molecule has 6 nitrogen and oxygen atoms in total. The molecule has 1 atom stereocenters. The Morgan fingerprint density at radius 1 is 0.893 bits per heavy atom. The fourth-order valence-corrected chi connectivity index (χ4v) is 5.45. The summed E-state index contributed by atoms with van der Waals surface area (Å²) in [5, 5.41) is 1.96. The van der Waals surface area contributed by atoms with Crippen molar-refractivity contribution in [1.29, 1.82) is 0 Å². The minimum absolute atomic E-state index is 0.241. The molecule has 1 saturated carbocycles. The lowest BCUT2D eigenvalue weighted by Gasteiger charge is -2.38. The van der Waals surface area contributed by atoms with Gasteiger partial charge in [-0.05, 0) is 64.0 Å². The van der Waals surface area contributed by atoms with E-state index in [9.17, 15) is 4.79 Å². The number of carbonyl (C=O) groups excluding carboxylic acids is 1. The van der Waals surface area contributed by atoms with Gasteiger partial charge in [0, 0.05) is 45.2 Å². The Hall–Kier alpha value is -0.690. The van der Waals surface area contributed by atoms with Crippen molar-refractivity contribution in [2.75, 3.05) is 52.5 Å². The molecule has 3 aliphatic heterocycles. The van der Waals surface area contributed by atoms with E-state index < -0.39 is 0 Å². The smallest absolute Gasteiger partial charge is 0.224 e. The molecule has 4 aliphatic rings. The minimum Gasteiger partial charge on any atom is -0.376 e. The van der Waals surface area contributed by atoms with E-state index in [2.05, 4.69) is 9.80 Å². The van der Waals surface area contributed by atoms with Crippen LogP contribution in [0.5, 0.6) is 0 Å². The van der Waals surface area contributed by atoms with Crippen molar-refractivity contribution >= 4 is 5.91 Å². The van der Waals surface area contributed by atoms with Gasteiger partial charge in [0.2, 0.25) is 5.91 Å². The lowest BCUT2D eigenvalue weighted by atomic mass is 9.94. The molecule has 1 amide bonds. The molecule has 0 radical (unpaired) electrons. The Morgan fingerprint density at radius 2 is 1.71 bits per heavy atom. The number of hydroxylamine groups is 2. The first-order valence-corrected chi connectivity index (χ1v) is 11.8. The van der Waals surface area contributed by atoms with Crippen LogP contribution in [0.1, 0.15) is 64.2 Å². The van der Waals surface area contributed by atoms with Gasteiger partial charge in [-0.2, -0.15) is 5.06 Å². The van der Waals surface area contributed by atoms with Gasteiger partial charge in [-0.25, -0.2) is 0 Å². The lowest BCUT2D eigenvalue weighted by molar-refractivity contribution is -0.140. The zero-order valence-electron chi connectivity index (χ0n) is 17.5. The number of ether oxygens (including phenoxy) is 1. The fraction of sp³-hybridized carbons (Fsp3) is 0.955. The number of piperidine rings is 1. The van der Waals surface area contributed by atoms with E-state index >= 15 is 0 Å². The van der Waals surface area contributed by atoms with Crippen molar-refractivity contribution in [2.24, 2.45) is 5.92 Å². The molecule has 0 bridgehead atoms. The van der Waals surface area contributed by atoms with Crippen molar-refractivity contribution in [3.8, 4) is 0 Å². The van der Waals surface area contributed by atoms with Crippen molar-refractivity contribution < 1.29 is 14.4 Å². The number of amides is 1. The molecule has 0 aromatic heterocycles. The van der Waals surface area contributed by atoms with Crippen LogP contribution in [-0.2, 0) is 14.4 Å². The average molecular weight is 394 g/mol. The average Bonchev–Trinajstić information content (AvgIpc) is 3.50. The third kappa shape index (κ3) is 5.68. The first-order chi connectivity index (χ1) is 13.8. The van der Waals surface area contributed by atoms with Crippen LogP contribution in [0.15, 0.2) is 0 Å². The van der Waals surface area contributed by atoms with Gasteiger partial charge >= 0.3 is 0 Å². The molecule has 0 aromatic rings. The summed E-state index contributed by atoms with van der Waals surface area (Å²) in [7, 11) is 0. The molecule has 3 saturated heterocycles. The van der Waals surface area contributed by atoms with E-state index in [1.807, 2.05) is 5.06 Å². The van der Waals surface area contributed by atoms with Crippen LogP contribution in [0, 0.1) is 5.92 Å². The highest BCUT2D eigenvalue weighted by Crippen LogP contribution is 2.28. The van der Waals surface area contributed by atoms with Gasteiger partial charge in [-0.15, -0.1) is 0 Å². The Bertz CT molecular complexity index is 477. The summed E-state index contributed by atoms with van der Waals surface area (Å²) in [6, 6.07) is 0.839. The SMILES string of the molecule is O=C(CCN1CCCO1)N(CC1CCN(C2CCCC2)CC1)CC1CCCO1. The summed E-state index contributed by atoms with van der Waals surface area (Å²) in [5.41, 5.74) is 0. The van der Waals surface area contributed by atoms with Crippen LogP contribution in [-0.4, -0.2) is 85.4 Å². The number of hydrogen-bond acceptors (Lipinski definition) is 5. The molecule has 4 fully saturated rings. The number of carbonyl (C=O) groups is 1. The van der Waals surface area contributed by atoms with E-state index in [0.29, 0.717) is 12.3 Å². The predicted octanol–water partition coefficient (Wildman–Crippen LogP) is 2.68. The van der Waals surface area contributed by atoms with E-state index in [1.165, 1.54) is 51.6 Å². The monoisotopic (exact) mass is 393 g/mol.